The summed E-state index contributed by atoms with van der Waals surface area (Å²) in [6, 6.07) is 0.671. The second-order valence-corrected chi connectivity index (χ2v) is 3.73. The van der Waals surface area contributed by atoms with Gasteiger partial charge in [0.2, 0.25) is 0 Å². The second-order valence-electron chi connectivity index (χ2n) is 3.73. The lowest BCUT2D eigenvalue weighted by Gasteiger charge is -2.15. The van der Waals surface area contributed by atoms with Crippen LogP contribution in [0.1, 0.15) is 32.1 Å². The average molecular weight is 152 g/mol. The van der Waals surface area contributed by atoms with Crippen molar-refractivity contribution < 1.29 is 0 Å². The summed E-state index contributed by atoms with van der Waals surface area (Å²) < 4.78 is 0. The highest BCUT2D eigenvalue weighted by molar-refractivity contribution is 5.02. The van der Waals surface area contributed by atoms with Gasteiger partial charge in [0.05, 0.1) is 0 Å². The van der Waals surface area contributed by atoms with Crippen molar-refractivity contribution in [2.45, 2.75) is 38.1 Å². The predicted octanol–water partition coefficient (Wildman–Crippen LogP) is 1.56. The van der Waals surface area contributed by atoms with Gasteiger partial charge in [-0.15, -0.1) is 0 Å². The molecule has 1 aliphatic heterocycles. The second kappa shape index (κ2) is 2.86. The zero-order valence-corrected chi connectivity index (χ0v) is 6.90. The minimum Gasteiger partial charge on any atom is -0.326 e. The maximum Gasteiger partial charge on any atom is 0.0343 e. The monoisotopic (exact) mass is 152 g/mol. The van der Waals surface area contributed by atoms with E-state index in [1.54, 1.807) is 0 Å². The first-order valence-corrected chi connectivity index (χ1v) is 4.55. The third-order valence-corrected chi connectivity index (χ3v) is 2.87. The van der Waals surface area contributed by atoms with Crippen LogP contribution in [-0.4, -0.2) is 6.04 Å². The van der Waals surface area contributed by atoms with Gasteiger partial charge < -0.3 is 5.43 Å². The molecule has 1 saturated heterocycles. The van der Waals surface area contributed by atoms with Crippen molar-refractivity contribution in [3.05, 3.63) is 12.3 Å². The number of nitrogens with one attached hydrogen (secondary N) is 2. The Hall–Kier alpha value is -0.500. The van der Waals surface area contributed by atoms with Gasteiger partial charge in [-0.1, -0.05) is 19.4 Å². The largest absolute Gasteiger partial charge is 0.326 e. The van der Waals surface area contributed by atoms with Gasteiger partial charge >= 0.3 is 0 Å². The molecule has 2 N–H and O–H groups in total. The molecule has 0 aromatic carbocycles. The van der Waals surface area contributed by atoms with Crippen LogP contribution in [0.2, 0.25) is 0 Å². The molecule has 2 heteroatoms. The van der Waals surface area contributed by atoms with Crippen molar-refractivity contribution in [1.29, 1.82) is 0 Å². The molecule has 1 aliphatic carbocycles. The van der Waals surface area contributed by atoms with Gasteiger partial charge in [0.1, 0.15) is 0 Å². The highest BCUT2D eigenvalue weighted by Gasteiger charge is 2.28. The summed E-state index contributed by atoms with van der Waals surface area (Å²) in [5.74, 6) is 0.904. The minimum absolute atomic E-state index is 0.671. The topological polar surface area (TPSA) is 24.1 Å². The highest BCUT2D eigenvalue weighted by atomic mass is 15.4. The predicted molar refractivity (Wildman–Crippen MR) is 45.8 cm³/mol. The van der Waals surface area contributed by atoms with Crippen LogP contribution in [0.25, 0.3) is 0 Å². The Morgan fingerprint density at radius 3 is 2.55 bits per heavy atom. The standard InChI is InChI=1S/C9H16N2/c1-7-6-9(11-10-7)8-4-2-3-5-8/h8-11H,1-6H2/t9-/m1/s1. The fourth-order valence-electron chi connectivity index (χ4n) is 2.21. The fraction of sp³-hybridized carbons (Fsp3) is 0.778. The SMILES string of the molecule is C=C1C[C@H](C2CCCC2)NN1. The van der Waals surface area contributed by atoms with Gasteiger partial charge in [0.25, 0.3) is 0 Å². The van der Waals surface area contributed by atoms with Gasteiger partial charge in [-0.3, -0.25) is 0 Å². The summed E-state index contributed by atoms with van der Waals surface area (Å²) in [7, 11) is 0. The number of hydrogen-bond acceptors (Lipinski definition) is 2. The Labute approximate surface area is 68.0 Å². The van der Waals surface area contributed by atoms with Gasteiger partial charge in [-0.2, -0.15) is 0 Å². The van der Waals surface area contributed by atoms with Gasteiger partial charge in [-0.25, -0.2) is 5.43 Å². The van der Waals surface area contributed by atoms with Gasteiger partial charge in [0.15, 0.2) is 0 Å². The Morgan fingerprint density at radius 2 is 2.00 bits per heavy atom. The molecular weight excluding hydrogens is 136 g/mol. The molecule has 0 unspecified atom stereocenters. The zero-order chi connectivity index (χ0) is 7.68. The molecule has 0 bridgehead atoms. The third kappa shape index (κ3) is 1.41. The Kier molecular flexibility index (Phi) is 1.86. The van der Waals surface area contributed by atoms with Crippen LogP contribution in [0, 0.1) is 5.92 Å². The Bertz CT molecular complexity index is 159. The maximum absolute atomic E-state index is 3.90. The third-order valence-electron chi connectivity index (χ3n) is 2.87. The minimum atomic E-state index is 0.671. The first-order valence-electron chi connectivity index (χ1n) is 4.55. The molecule has 0 spiro atoms. The summed E-state index contributed by atoms with van der Waals surface area (Å²) in [5, 5.41) is 0. The quantitative estimate of drug-likeness (QED) is 0.596. The van der Waals surface area contributed by atoms with E-state index >= 15 is 0 Å². The van der Waals surface area contributed by atoms with E-state index in [1.165, 1.54) is 25.7 Å². The maximum atomic E-state index is 3.90. The van der Waals surface area contributed by atoms with Crippen LogP contribution in [-0.2, 0) is 0 Å². The van der Waals surface area contributed by atoms with Crippen molar-refractivity contribution in [3.63, 3.8) is 0 Å². The number of hydrogen-bond donors (Lipinski definition) is 2. The fourth-order valence-corrected chi connectivity index (χ4v) is 2.21. The van der Waals surface area contributed by atoms with E-state index in [-0.39, 0.29) is 0 Å². The van der Waals surface area contributed by atoms with E-state index in [0.29, 0.717) is 6.04 Å². The summed E-state index contributed by atoms with van der Waals surface area (Å²) in [4.78, 5) is 0. The summed E-state index contributed by atoms with van der Waals surface area (Å²) >= 11 is 0. The molecule has 2 rings (SSSR count). The molecule has 2 fully saturated rings. The summed E-state index contributed by atoms with van der Waals surface area (Å²) in [6.07, 6.45) is 6.80. The average Bonchev–Trinajstić information content (AvgIpc) is 2.55. The molecule has 0 radical (unpaired) electrons. The molecule has 2 aliphatic rings. The first-order chi connectivity index (χ1) is 5.36. The van der Waals surface area contributed by atoms with Crippen LogP contribution in [0.3, 0.4) is 0 Å². The van der Waals surface area contributed by atoms with Crippen LogP contribution in [0.5, 0.6) is 0 Å². The van der Waals surface area contributed by atoms with Crippen LogP contribution < -0.4 is 10.9 Å². The van der Waals surface area contributed by atoms with Gasteiger partial charge in [-0.05, 0) is 18.8 Å². The normalized spacial score (nSPS) is 32.7. The van der Waals surface area contributed by atoms with E-state index in [2.05, 4.69) is 17.4 Å². The van der Waals surface area contributed by atoms with E-state index in [9.17, 15) is 0 Å². The lowest BCUT2D eigenvalue weighted by atomic mass is 9.96. The first kappa shape index (κ1) is 7.17. The zero-order valence-electron chi connectivity index (χ0n) is 6.90. The molecule has 0 amide bonds. The summed E-state index contributed by atoms with van der Waals surface area (Å²) in [6.45, 7) is 3.90. The van der Waals surface area contributed by atoms with E-state index in [0.717, 1.165) is 18.0 Å². The van der Waals surface area contributed by atoms with Crippen molar-refractivity contribution >= 4 is 0 Å². The molecular formula is C9H16N2. The highest BCUT2D eigenvalue weighted by Crippen LogP contribution is 2.30. The van der Waals surface area contributed by atoms with Crippen LogP contribution in [0.15, 0.2) is 12.3 Å². The molecule has 11 heavy (non-hydrogen) atoms. The number of rotatable bonds is 1. The lowest BCUT2D eigenvalue weighted by Crippen LogP contribution is -2.34. The van der Waals surface area contributed by atoms with Crippen molar-refractivity contribution in [1.82, 2.24) is 10.9 Å². The molecule has 1 heterocycles. The molecule has 0 aromatic rings. The van der Waals surface area contributed by atoms with Crippen molar-refractivity contribution in [2.24, 2.45) is 5.92 Å². The Morgan fingerprint density at radius 1 is 1.27 bits per heavy atom. The molecule has 0 aromatic heterocycles. The van der Waals surface area contributed by atoms with Crippen LogP contribution >= 0.6 is 0 Å². The van der Waals surface area contributed by atoms with E-state index in [1.807, 2.05) is 0 Å². The van der Waals surface area contributed by atoms with Crippen molar-refractivity contribution in [3.8, 4) is 0 Å². The smallest absolute Gasteiger partial charge is 0.0343 e. The molecule has 1 saturated carbocycles. The number of hydrazine groups is 1. The van der Waals surface area contributed by atoms with Gasteiger partial charge in [0, 0.05) is 18.2 Å². The van der Waals surface area contributed by atoms with Crippen molar-refractivity contribution in [2.75, 3.05) is 0 Å². The molecule has 2 nitrogen and oxygen atoms in total. The van der Waals surface area contributed by atoms with Crippen LogP contribution in [0.4, 0.5) is 0 Å². The summed E-state index contributed by atoms with van der Waals surface area (Å²) in [5.41, 5.74) is 7.56. The molecule has 1 atom stereocenters. The lowest BCUT2D eigenvalue weighted by molar-refractivity contribution is 0.384. The Balaban J connectivity index is 1.90. The van der Waals surface area contributed by atoms with E-state index in [4.69, 9.17) is 0 Å². The molecule has 62 valence electrons. The van der Waals surface area contributed by atoms with E-state index < -0.39 is 0 Å².